The maximum absolute atomic E-state index is 13.7. The Morgan fingerprint density at radius 1 is 1.16 bits per heavy atom. The van der Waals surface area contributed by atoms with Gasteiger partial charge in [-0.1, -0.05) is 0 Å². The number of halogens is 1. The van der Waals surface area contributed by atoms with E-state index in [4.69, 9.17) is 5.14 Å². The number of nitrogens with one attached hydrogen (secondary N) is 1. The van der Waals surface area contributed by atoms with Crippen LogP contribution in [-0.4, -0.2) is 22.4 Å². The zero-order chi connectivity index (χ0) is 15.1. The molecular formula is C10H15FN2O4S2. The van der Waals surface area contributed by atoms with Gasteiger partial charge < -0.3 is 0 Å². The maximum Gasteiger partial charge on any atom is 0.243 e. The van der Waals surface area contributed by atoms with Crippen LogP contribution in [0.5, 0.6) is 0 Å². The van der Waals surface area contributed by atoms with Crippen LogP contribution < -0.4 is 9.86 Å². The zero-order valence-electron chi connectivity index (χ0n) is 10.6. The second-order valence-electron chi connectivity index (χ2n) is 4.99. The zero-order valence-corrected chi connectivity index (χ0v) is 12.3. The van der Waals surface area contributed by atoms with Gasteiger partial charge in [-0.05, 0) is 39.0 Å². The number of nitrogens with two attached hydrogens (primary N) is 1. The van der Waals surface area contributed by atoms with Gasteiger partial charge in [0, 0.05) is 5.54 Å². The number of primary sulfonamides is 1. The molecule has 0 spiro atoms. The summed E-state index contributed by atoms with van der Waals surface area (Å²) in [6.07, 6.45) is 0. The summed E-state index contributed by atoms with van der Waals surface area (Å²) in [5.41, 5.74) is -0.788. The van der Waals surface area contributed by atoms with E-state index in [9.17, 15) is 21.2 Å². The summed E-state index contributed by atoms with van der Waals surface area (Å²) >= 11 is 0. The molecule has 0 fully saturated rings. The third-order valence-electron chi connectivity index (χ3n) is 1.96. The first-order valence-electron chi connectivity index (χ1n) is 5.19. The first kappa shape index (κ1) is 16.0. The van der Waals surface area contributed by atoms with Crippen molar-refractivity contribution in [2.75, 3.05) is 0 Å². The highest BCUT2D eigenvalue weighted by atomic mass is 32.2. The Morgan fingerprint density at radius 2 is 1.68 bits per heavy atom. The Hall–Kier alpha value is -1.03. The molecule has 1 aromatic rings. The van der Waals surface area contributed by atoms with E-state index in [1.807, 2.05) is 0 Å². The SMILES string of the molecule is CC(C)(C)NS(=O)(=O)c1ccc(S(N)(=O)=O)cc1F. The molecule has 0 saturated carbocycles. The molecule has 0 aliphatic carbocycles. The number of sulfonamides is 2. The molecule has 9 heteroatoms. The second kappa shape index (κ2) is 4.82. The minimum atomic E-state index is -4.08. The number of hydrogen-bond acceptors (Lipinski definition) is 4. The molecule has 0 unspecified atom stereocenters. The van der Waals surface area contributed by atoms with Gasteiger partial charge in [0.1, 0.15) is 10.7 Å². The van der Waals surface area contributed by atoms with Crippen LogP contribution in [0.25, 0.3) is 0 Å². The summed E-state index contributed by atoms with van der Waals surface area (Å²) in [6.45, 7) is 4.80. The average Bonchev–Trinajstić information content (AvgIpc) is 2.11. The van der Waals surface area contributed by atoms with E-state index in [-0.39, 0.29) is 0 Å². The average molecular weight is 310 g/mol. The summed E-state index contributed by atoms with van der Waals surface area (Å²) in [7, 11) is -8.15. The first-order chi connectivity index (χ1) is 8.33. The largest absolute Gasteiger partial charge is 0.243 e. The van der Waals surface area contributed by atoms with Gasteiger partial charge in [0.15, 0.2) is 0 Å². The molecule has 0 aromatic heterocycles. The van der Waals surface area contributed by atoms with Crippen LogP contribution in [0.15, 0.2) is 28.0 Å². The fraction of sp³-hybridized carbons (Fsp3) is 0.400. The number of benzene rings is 1. The van der Waals surface area contributed by atoms with Gasteiger partial charge in [-0.3, -0.25) is 0 Å². The number of rotatable bonds is 3. The molecule has 19 heavy (non-hydrogen) atoms. The van der Waals surface area contributed by atoms with E-state index in [1.54, 1.807) is 20.8 Å². The summed E-state index contributed by atoms with van der Waals surface area (Å²) < 4.78 is 61.8. The van der Waals surface area contributed by atoms with Crippen molar-refractivity contribution in [3.8, 4) is 0 Å². The molecule has 0 heterocycles. The van der Waals surface area contributed by atoms with Crippen molar-refractivity contribution in [1.29, 1.82) is 0 Å². The highest BCUT2D eigenvalue weighted by Gasteiger charge is 2.25. The van der Waals surface area contributed by atoms with Gasteiger partial charge in [-0.15, -0.1) is 0 Å². The van der Waals surface area contributed by atoms with Crippen molar-refractivity contribution >= 4 is 20.0 Å². The molecule has 0 amide bonds. The molecule has 0 bridgehead atoms. The predicted octanol–water partition coefficient (Wildman–Crippen LogP) is 0.550. The first-order valence-corrected chi connectivity index (χ1v) is 8.22. The van der Waals surface area contributed by atoms with Crippen molar-refractivity contribution in [3.63, 3.8) is 0 Å². The topological polar surface area (TPSA) is 106 Å². The van der Waals surface area contributed by atoms with Crippen LogP contribution in [0.3, 0.4) is 0 Å². The molecule has 0 atom stereocenters. The third kappa shape index (κ3) is 4.23. The van der Waals surface area contributed by atoms with Crippen molar-refractivity contribution in [2.45, 2.75) is 36.1 Å². The van der Waals surface area contributed by atoms with Gasteiger partial charge in [0.25, 0.3) is 0 Å². The van der Waals surface area contributed by atoms with Crippen molar-refractivity contribution in [3.05, 3.63) is 24.0 Å². The van der Waals surface area contributed by atoms with Gasteiger partial charge in [-0.2, -0.15) is 0 Å². The summed E-state index contributed by atoms with van der Waals surface area (Å²) in [5.74, 6) is -1.18. The van der Waals surface area contributed by atoms with E-state index in [1.165, 1.54) is 0 Å². The minimum Gasteiger partial charge on any atom is -0.225 e. The normalized spacial score (nSPS) is 13.5. The smallest absolute Gasteiger partial charge is 0.225 e. The monoisotopic (exact) mass is 310 g/mol. The molecule has 1 rings (SSSR count). The van der Waals surface area contributed by atoms with E-state index in [2.05, 4.69) is 4.72 Å². The maximum atomic E-state index is 13.7. The van der Waals surface area contributed by atoms with Gasteiger partial charge in [-0.25, -0.2) is 31.1 Å². The molecule has 0 saturated heterocycles. The van der Waals surface area contributed by atoms with E-state index in [0.717, 1.165) is 12.1 Å². The van der Waals surface area contributed by atoms with Gasteiger partial charge in [0.2, 0.25) is 20.0 Å². The fourth-order valence-electron chi connectivity index (χ4n) is 1.33. The lowest BCUT2D eigenvalue weighted by Gasteiger charge is -2.20. The Morgan fingerprint density at radius 3 is 2.05 bits per heavy atom. The standard InChI is InChI=1S/C10H15FN2O4S2/c1-10(2,3)13-19(16,17)9-5-4-7(6-8(9)11)18(12,14)15/h4-6,13H,1-3H3,(H2,12,14,15). The van der Waals surface area contributed by atoms with Crippen LogP contribution in [0, 0.1) is 5.82 Å². The highest BCUT2D eigenvalue weighted by molar-refractivity contribution is 7.89. The second-order valence-corrected chi connectivity index (χ2v) is 8.20. The molecule has 3 N–H and O–H groups in total. The van der Waals surface area contributed by atoms with Crippen LogP contribution in [0.4, 0.5) is 4.39 Å². The Kier molecular flexibility index (Phi) is 4.06. The third-order valence-corrected chi connectivity index (χ3v) is 4.66. The van der Waals surface area contributed by atoms with Crippen LogP contribution in [0.1, 0.15) is 20.8 Å². The van der Waals surface area contributed by atoms with Crippen LogP contribution in [-0.2, 0) is 20.0 Å². The fourth-order valence-corrected chi connectivity index (χ4v) is 3.34. The molecule has 1 aromatic carbocycles. The lowest BCUT2D eigenvalue weighted by atomic mass is 10.1. The molecule has 6 nitrogen and oxygen atoms in total. The quantitative estimate of drug-likeness (QED) is 0.850. The highest BCUT2D eigenvalue weighted by Crippen LogP contribution is 2.19. The lowest BCUT2D eigenvalue weighted by Crippen LogP contribution is -2.40. The van der Waals surface area contributed by atoms with Crippen molar-refractivity contribution in [1.82, 2.24) is 4.72 Å². The lowest BCUT2D eigenvalue weighted by molar-refractivity contribution is 0.485. The Bertz CT molecular complexity index is 691. The Balaban J connectivity index is 3.32. The molecule has 108 valence electrons. The number of hydrogen-bond donors (Lipinski definition) is 2. The summed E-state index contributed by atoms with van der Waals surface area (Å²) in [4.78, 5) is -1.12. The summed E-state index contributed by atoms with van der Waals surface area (Å²) in [5, 5.41) is 4.83. The van der Waals surface area contributed by atoms with Gasteiger partial charge >= 0.3 is 0 Å². The predicted molar refractivity (Wildman–Crippen MR) is 67.8 cm³/mol. The van der Waals surface area contributed by atoms with Crippen LogP contribution in [0.2, 0.25) is 0 Å². The summed E-state index contributed by atoms with van der Waals surface area (Å²) in [6, 6.07) is 2.38. The van der Waals surface area contributed by atoms with Crippen LogP contribution >= 0.6 is 0 Å². The van der Waals surface area contributed by atoms with E-state index in [0.29, 0.717) is 6.07 Å². The molecule has 0 radical (unpaired) electrons. The van der Waals surface area contributed by atoms with E-state index >= 15 is 0 Å². The molecular weight excluding hydrogens is 295 g/mol. The Labute approximate surface area is 111 Å². The minimum absolute atomic E-state index is 0.486. The van der Waals surface area contributed by atoms with Crippen molar-refractivity contribution in [2.24, 2.45) is 5.14 Å². The molecule has 0 aliphatic rings. The van der Waals surface area contributed by atoms with Gasteiger partial charge in [0.05, 0.1) is 4.90 Å². The molecule has 0 aliphatic heterocycles. The van der Waals surface area contributed by atoms with Crippen molar-refractivity contribution < 1.29 is 21.2 Å². The van der Waals surface area contributed by atoms with E-state index < -0.39 is 41.2 Å².